The maximum absolute atomic E-state index is 11.2. The normalized spacial score (nSPS) is 10.2. The summed E-state index contributed by atoms with van der Waals surface area (Å²) in [7, 11) is 0. The Hall–Kier alpha value is -2.69. The first kappa shape index (κ1) is 13.7. The van der Waals surface area contributed by atoms with Gasteiger partial charge in [0.1, 0.15) is 5.82 Å². The summed E-state index contributed by atoms with van der Waals surface area (Å²) in [5.74, 6) is 0.551. The van der Waals surface area contributed by atoms with Gasteiger partial charge in [-0.1, -0.05) is 24.3 Å². The Morgan fingerprint density at radius 2 is 1.90 bits per heavy atom. The van der Waals surface area contributed by atoms with E-state index in [1.165, 1.54) is 6.07 Å². The Kier molecular flexibility index (Phi) is 4.10. The molecule has 0 aliphatic heterocycles. The second kappa shape index (κ2) is 5.97. The number of nitro groups is 1. The van der Waals surface area contributed by atoms with E-state index in [1.807, 2.05) is 11.0 Å². The van der Waals surface area contributed by atoms with Gasteiger partial charge >= 0.3 is 0 Å². The molecule has 102 valence electrons. The third kappa shape index (κ3) is 2.66. The second-order valence-corrected chi connectivity index (χ2v) is 4.26. The molecule has 0 N–H and O–H groups in total. The van der Waals surface area contributed by atoms with Crippen LogP contribution < -0.4 is 4.90 Å². The highest BCUT2D eigenvalue weighted by molar-refractivity contribution is 5.89. The summed E-state index contributed by atoms with van der Waals surface area (Å²) in [5, 5.41) is 11.8. The number of nitrogens with zero attached hydrogens (tertiary/aromatic N) is 3. The third-order valence-corrected chi connectivity index (χ3v) is 2.90. The van der Waals surface area contributed by atoms with E-state index in [9.17, 15) is 10.1 Å². The number of anilines is 1. The van der Waals surface area contributed by atoms with E-state index in [0.29, 0.717) is 29.8 Å². The Bertz CT molecular complexity index is 657. The average Bonchev–Trinajstić information content (AvgIpc) is 2.45. The van der Waals surface area contributed by atoms with E-state index >= 15 is 0 Å². The van der Waals surface area contributed by atoms with Crippen molar-refractivity contribution in [1.82, 2.24) is 4.98 Å². The maximum Gasteiger partial charge on any atom is 0.282 e. The summed E-state index contributed by atoms with van der Waals surface area (Å²) in [4.78, 5) is 17.2. The average molecular weight is 269 g/mol. The van der Waals surface area contributed by atoms with Crippen molar-refractivity contribution in [3.63, 3.8) is 0 Å². The van der Waals surface area contributed by atoms with E-state index in [1.54, 1.807) is 30.4 Å². The molecule has 1 aromatic carbocycles. The van der Waals surface area contributed by atoms with Crippen LogP contribution in [0.3, 0.4) is 0 Å². The topological polar surface area (TPSA) is 59.3 Å². The van der Waals surface area contributed by atoms with Gasteiger partial charge in [-0.25, -0.2) is 4.98 Å². The minimum Gasteiger partial charge on any atom is -0.349 e. The maximum atomic E-state index is 11.2. The molecular weight excluding hydrogens is 254 g/mol. The Morgan fingerprint density at radius 1 is 1.25 bits per heavy atom. The standard InChI is InChI=1S/C15H15N3O2/c1-3-9-17(10-4-2)15-11-14(18(19)20)12-7-5-6-8-13(12)16-15/h3-8,11H,1-2,9-10H2. The molecule has 0 amide bonds. The van der Waals surface area contributed by atoms with Gasteiger partial charge < -0.3 is 4.90 Å². The Morgan fingerprint density at radius 3 is 2.50 bits per heavy atom. The fraction of sp³-hybridized carbons (Fsp3) is 0.133. The van der Waals surface area contributed by atoms with Crippen LogP contribution in [0.2, 0.25) is 0 Å². The van der Waals surface area contributed by atoms with E-state index in [-0.39, 0.29) is 10.6 Å². The predicted molar refractivity (Wildman–Crippen MR) is 81.0 cm³/mol. The van der Waals surface area contributed by atoms with E-state index in [0.717, 1.165) is 0 Å². The van der Waals surface area contributed by atoms with Gasteiger partial charge in [0.15, 0.2) is 0 Å². The summed E-state index contributed by atoms with van der Waals surface area (Å²) in [6.07, 6.45) is 3.46. The second-order valence-electron chi connectivity index (χ2n) is 4.26. The SMILES string of the molecule is C=CCN(CC=C)c1cc([N+](=O)[O-])c2ccccc2n1. The van der Waals surface area contributed by atoms with Crippen molar-refractivity contribution < 1.29 is 4.92 Å². The highest BCUT2D eigenvalue weighted by Gasteiger charge is 2.17. The third-order valence-electron chi connectivity index (χ3n) is 2.90. The van der Waals surface area contributed by atoms with E-state index in [4.69, 9.17) is 0 Å². The fourth-order valence-corrected chi connectivity index (χ4v) is 2.03. The monoisotopic (exact) mass is 269 g/mol. The lowest BCUT2D eigenvalue weighted by molar-refractivity contribution is -0.383. The molecule has 0 unspecified atom stereocenters. The lowest BCUT2D eigenvalue weighted by Gasteiger charge is -2.20. The summed E-state index contributed by atoms with van der Waals surface area (Å²) >= 11 is 0. The van der Waals surface area contributed by atoms with Crippen LogP contribution in [-0.2, 0) is 0 Å². The van der Waals surface area contributed by atoms with E-state index < -0.39 is 0 Å². The van der Waals surface area contributed by atoms with Crippen LogP contribution in [0.4, 0.5) is 11.5 Å². The summed E-state index contributed by atoms with van der Waals surface area (Å²) < 4.78 is 0. The molecule has 0 bridgehead atoms. The molecule has 5 nitrogen and oxygen atoms in total. The van der Waals surface area contributed by atoms with Crippen LogP contribution in [0.1, 0.15) is 0 Å². The van der Waals surface area contributed by atoms with E-state index in [2.05, 4.69) is 18.1 Å². The quantitative estimate of drug-likeness (QED) is 0.458. The number of hydrogen-bond donors (Lipinski definition) is 0. The van der Waals surface area contributed by atoms with Gasteiger partial charge in [-0.2, -0.15) is 0 Å². The first-order chi connectivity index (χ1) is 9.67. The number of para-hydroxylation sites is 1. The molecular formula is C15H15N3O2. The van der Waals surface area contributed by atoms with Crippen molar-refractivity contribution >= 4 is 22.4 Å². The summed E-state index contributed by atoms with van der Waals surface area (Å²) in [6.45, 7) is 8.48. The number of hydrogen-bond acceptors (Lipinski definition) is 4. The van der Waals surface area contributed by atoms with Crippen molar-refractivity contribution in [2.24, 2.45) is 0 Å². The van der Waals surface area contributed by atoms with Gasteiger partial charge in [-0.3, -0.25) is 10.1 Å². The minimum absolute atomic E-state index is 0.0590. The molecule has 1 aromatic heterocycles. The number of aromatic nitrogens is 1. The van der Waals surface area contributed by atoms with Gasteiger partial charge in [0.25, 0.3) is 5.69 Å². The summed E-state index contributed by atoms with van der Waals surface area (Å²) in [5.41, 5.74) is 0.665. The van der Waals surface area contributed by atoms with Crippen LogP contribution in [0, 0.1) is 10.1 Å². The molecule has 1 heterocycles. The molecule has 20 heavy (non-hydrogen) atoms. The van der Waals surface area contributed by atoms with Gasteiger partial charge in [0.05, 0.1) is 21.9 Å². The number of fused-ring (bicyclic) bond motifs is 1. The van der Waals surface area contributed by atoms with Crippen molar-refractivity contribution in [3.8, 4) is 0 Å². The minimum atomic E-state index is -0.381. The van der Waals surface area contributed by atoms with Crippen molar-refractivity contribution in [2.75, 3.05) is 18.0 Å². The number of benzene rings is 1. The van der Waals surface area contributed by atoms with Crippen molar-refractivity contribution in [2.45, 2.75) is 0 Å². The molecule has 0 radical (unpaired) electrons. The Labute approximate surface area is 117 Å². The molecule has 0 fully saturated rings. The predicted octanol–water partition coefficient (Wildman–Crippen LogP) is 3.32. The highest BCUT2D eigenvalue weighted by atomic mass is 16.6. The number of rotatable bonds is 6. The largest absolute Gasteiger partial charge is 0.349 e. The molecule has 0 spiro atoms. The van der Waals surface area contributed by atoms with Crippen LogP contribution >= 0.6 is 0 Å². The zero-order chi connectivity index (χ0) is 14.5. The van der Waals surface area contributed by atoms with Gasteiger partial charge in [0.2, 0.25) is 0 Å². The molecule has 2 rings (SSSR count). The fourth-order valence-electron chi connectivity index (χ4n) is 2.03. The first-order valence-electron chi connectivity index (χ1n) is 6.18. The van der Waals surface area contributed by atoms with Crippen LogP contribution in [-0.4, -0.2) is 23.0 Å². The molecule has 2 aromatic rings. The molecule has 5 heteroatoms. The lowest BCUT2D eigenvalue weighted by Crippen LogP contribution is -2.24. The summed E-state index contributed by atoms with van der Waals surface area (Å²) in [6, 6.07) is 8.55. The molecule has 0 aliphatic rings. The zero-order valence-electron chi connectivity index (χ0n) is 11.0. The van der Waals surface area contributed by atoms with Gasteiger partial charge in [-0.15, -0.1) is 13.2 Å². The molecule has 0 saturated carbocycles. The van der Waals surface area contributed by atoms with Crippen LogP contribution in [0.15, 0.2) is 55.6 Å². The zero-order valence-corrected chi connectivity index (χ0v) is 11.0. The van der Waals surface area contributed by atoms with Crippen LogP contribution in [0.25, 0.3) is 10.9 Å². The molecule has 0 saturated heterocycles. The molecule has 0 aliphatic carbocycles. The van der Waals surface area contributed by atoms with Crippen molar-refractivity contribution in [3.05, 3.63) is 65.8 Å². The first-order valence-corrected chi connectivity index (χ1v) is 6.18. The molecule has 0 atom stereocenters. The lowest BCUT2D eigenvalue weighted by atomic mass is 10.2. The van der Waals surface area contributed by atoms with Crippen molar-refractivity contribution in [1.29, 1.82) is 0 Å². The smallest absolute Gasteiger partial charge is 0.282 e. The van der Waals surface area contributed by atoms with Gasteiger partial charge in [0, 0.05) is 13.1 Å². The van der Waals surface area contributed by atoms with Crippen LogP contribution in [0.5, 0.6) is 0 Å². The van der Waals surface area contributed by atoms with Gasteiger partial charge in [-0.05, 0) is 12.1 Å². The Balaban J connectivity index is 2.61. The number of pyridine rings is 1. The highest BCUT2D eigenvalue weighted by Crippen LogP contribution is 2.28.